The van der Waals surface area contributed by atoms with Gasteiger partial charge in [0.25, 0.3) is 0 Å². The van der Waals surface area contributed by atoms with Crippen LogP contribution in [0.4, 0.5) is 0 Å². The Hall–Kier alpha value is -0.970. The lowest BCUT2D eigenvalue weighted by Gasteiger charge is -2.21. The Morgan fingerprint density at radius 1 is 1.38 bits per heavy atom. The van der Waals surface area contributed by atoms with E-state index in [0.29, 0.717) is 5.92 Å². The molecule has 0 amide bonds. The average molecular weight is 225 g/mol. The molecule has 0 aliphatic rings. The maximum atomic E-state index is 4.18. The molecule has 0 saturated heterocycles. The SMILES string of the molecule is CC(CCNC(C)(C)C)Cc1nnn(C)n1. The highest BCUT2D eigenvalue weighted by Gasteiger charge is 2.11. The van der Waals surface area contributed by atoms with Crippen LogP contribution in [0.25, 0.3) is 0 Å². The van der Waals surface area contributed by atoms with Crippen molar-refractivity contribution in [1.82, 2.24) is 25.5 Å². The Balaban J connectivity index is 2.23. The minimum atomic E-state index is 0.199. The molecule has 0 aliphatic carbocycles. The predicted octanol–water partition coefficient (Wildman–Crippen LogP) is 1.17. The zero-order valence-corrected chi connectivity index (χ0v) is 11.0. The van der Waals surface area contributed by atoms with Gasteiger partial charge in [-0.3, -0.25) is 0 Å². The number of hydrogen-bond acceptors (Lipinski definition) is 4. The Bertz CT molecular complexity index is 312. The summed E-state index contributed by atoms with van der Waals surface area (Å²) >= 11 is 0. The standard InChI is InChI=1S/C11H23N5/c1-9(6-7-12-11(2,3)4)8-10-13-15-16(5)14-10/h9,12H,6-8H2,1-5H3. The van der Waals surface area contributed by atoms with Crippen LogP contribution in [0.15, 0.2) is 0 Å². The quantitative estimate of drug-likeness (QED) is 0.817. The van der Waals surface area contributed by atoms with Crippen molar-refractivity contribution >= 4 is 0 Å². The van der Waals surface area contributed by atoms with Crippen molar-refractivity contribution in [3.05, 3.63) is 5.82 Å². The lowest BCUT2D eigenvalue weighted by Crippen LogP contribution is -2.37. The summed E-state index contributed by atoms with van der Waals surface area (Å²) in [6, 6.07) is 0. The van der Waals surface area contributed by atoms with Gasteiger partial charge in [-0.25, -0.2) is 0 Å². The molecule has 1 heterocycles. The number of tetrazole rings is 1. The van der Waals surface area contributed by atoms with E-state index in [9.17, 15) is 0 Å². The third kappa shape index (κ3) is 5.21. The molecular formula is C11H23N5. The van der Waals surface area contributed by atoms with Gasteiger partial charge in [0, 0.05) is 12.0 Å². The van der Waals surface area contributed by atoms with Crippen molar-refractivity contribution in [2.45, 2.75) is 46.1 Å². The summed E-state index contributed by atoms with van der Waals surface area (Å²) in [5.41, 5.74) is 0.199. The Morgan fingerprint density at radius 2 is 2.06 bits per heavy atom. The van der Waals surface area contributed by atoms with E-state index in [1.807, 2.05) is 0 Å². The van der Waals surface area contributed by atoms with E-state index in [4.69, 9.17) is 0 Å². The van der Waals surface area contributed by atoms with Crippen LogP contribution in [0.3, 0.4) is 0 Å². The second-order valence-corrected chi connectivity index (χ2v) is 5.47. The molecule has 0 radical (unpaired) electrons. The van der Waals surface area contributed by atoms with Gasteiger partial charge in [0.05, 0.1) is 7.05 Å². The van der Waals surface area contributed by atoms with Crippen molar-refractivity contribution in [1.29, 1.82) is 0 Å². The topological polar surface area (TPSA) is 55.6 Å². The van der Waals surface area contributed by atoms with Crippen molar-refractivity contribution in [3.63, 3.8) is 0 Å². The lowest BCUT2D eigenvalue weighted by atomic mass is 10.0. The smallest absolute Gasteiger partial charge is 0.175 e. The molecule has 5 heteroatoms. The van der Waals surface area contributed by atoms with Crippen molar-refractivity contribution < 1.29 is 0 Å². The molecule has 0 bridgehead atoms. The van der Waals surface area contributed by atoms with Gasteiger partial charge in [-0.15, -0.1) is 10.2 Å². The Kier molecular flexibility index (Phi) is 4.41. The van der Waals surface area contributed by atoms with Crippen LogP contribution in [0, 0.1) is 5.92 Å². The van der Waals surface area contributed by atoms with Gasteiger partial charge in [-0.2, -0.15) is 4.80 Å². The maximum Gasteiger partial charge on any atom is 0.175 e. The highest BCUT2D eigenvalue weighted by Crippen LogP contribution is 2.08. The van der Waals surface area contributed by atoms with Crippen molar-refractivity contribution in [2.75, 3.05) is 6.54 Å². The molecular weight excluding hydrogens is 202 g/mol. The van der Waals surface area contributed by atoms with E-state index in [1.54, 1.807) is 7.05 Å². The fourth-order valence-corrected chi connectivity index (χ4v) is 1.51. The van der Waals surface area contributed by atoms with Gasteiger partial charge in [-0.05, 0) is 44.9 Å². The van der Waals surface area contributed by atoms with Crippen LogP contribution in [0.2, 0.25) is 0 Å². The van der Waals surface area contributed by atoms with Gasteiger partial charge in [0.1, 0.15) is 0 Å². The number of aromatic nitrogens is 4. The molecule has 92 valence electrons. The molecule has 1 atom stereocenters. The second kappa shape index (κ2) is 5.39. The molecule has 1 aromatic rings. The predicted molar refractivity (Wildman–Crippen MR) is 64.0 cm³/mol. The highest BCUT2D eigenvalue weighted by atomic mass is 15.6. The number of nitrogens with zero attached hydrogens (tertiary/aromatic N) is 4. The molecule has 0 fully saturated rings. The summed E-state index contributed by atoms with van der Waals surface area (Å²) in [5.74, 6) is 1.42. The summed E-state index contributed by atoms with van der Waals surface area (Å²) in [6.07, 6.45) is 2.04. The van der Waals surface area contributed by atoms with Gasteiger partial charge in [0.2, 0.25) is 0 Å². The minimum Gasteiger partial charge on any atom is -0.312 e. The first-order valence-corrected chi connectivity index (χ1v) is 5.85. The third-order valence-corrected chi connectivity index (χ3v) is 2.37. The third-order valence-electron chi connectivity index (χ3n) is 2.37. The summed E-state index contributed by atoms with van der Waals surface area (Å²) in [6.45, 7) is 9.80. The number of aryl methyl sites for hydroxylation is 1. The van der Waals surface area contributed by atoms with Crippen molar-refractivity contribution in [2.24, 2.45) is 13.0 Å². The summed E-state index contributed by atoms with van der Waals surface area (Å²) in [5, 5.41) is 15.5. The first-order valence-electron chi connectivity index (χ1n) is 5.85. The molecule has 0 aliphatic heterocycles. The van der Waals surface area contributed by atoms with Gasteiger partial charge >= 0.3 is 0 Å². The Labute approximate surface area is 97.6 Å². The first kappa shape index (κ1) is 13.1. The van der Waals surface area contributed by atoms with E-state index in [2.05, 4.69) is 48.4 Å². The molecule has 0 saturated carbocycles. The van der Waals surface area contributed by atoms with E-state index in [1.165, 1.54) is 4.80 Å². The van der Waals surface area contributed by atoms with Crippen LogP contribution >= 0.6 is 0 Å². The molecule has 1 aromatic heterocycles. The Morgan fingerprint density at radius 3 is 2.56 bits per heavy atom. The van der Waals surface area contributed by atoms with Gasteiger partial charge < -0.3 is 5.32 Å². The van der Waals surface area contributed by atoms with Crippen LogP contribution in [0.5, 0.6) is 0 Å². The van der Waals surface area contributed by atoms with Crippen LogP contribution in [-0.2, 0) is 13.5 Å². The zero-order valence-electron chi connectivity index (χ0n) is 11.0. The lowest BCUT2D eigenvalue weighted by molar-refractivity contribution is 0.392. The molecule has 1 unspecified atom stereocenters. The van der Waals surface area contributed by atoms with E-state index in [0.717, 1.165) is 25.2 Å². The van der Waals surface area contributed by atoms with Crippen molar-refractivity contribution in [3.8, 4) is 0 Å². The van der Waals surface area contributed by atoms with Crippen LogP contribution < -0.4 is 5.32 Å². The minimum absolute atomic E-state index is 0.199. The summed E-state index contributed by atoms with van der Waals surface area (Å²) < 4.78 is 0. The van der Waals surface area contributed by atoms with Crippen LogP contribution in [-0.4, -0.2) is 32.3 Å². The fourth-order valence-electron chi connectivity index (χ4n) is 1.51. The number of hydrogen-bond donors (Lipinski definition) is 1. The molecule has 5 nitrogen and oxygen atoms in total. The van der Waals surface area contributed by atoms with E-state index in [-0.39, 0.29) is 5.54 Å². The highest BCUT2D eigenvalue weighted by molar-refractivity contribution is 4.80. The maximum absolute atomic E-state index is 4.18. The second-order valence-electron chi connectivity index (χ2n) is 5.47. The molecule has 16 heavy (non-hydrogen) atoms. The normalized spacial score (nSPS) is 14.1. The zero-order chi connectivity index (χ0) is 12.2. The fraction of sp³-hybridized carbons (Fsp3) is 0.909. The first-order chi connectivity index (χ1) is 7.37. The monoisotopic (exact) mass is 225 g/mol. The molecule has 1 N–H and O–H groups in total. The molecule has 0 aromatic carbocycles. The number of rotatable bonds is 5. The van der Waals surface area contributed by atoms with Crippen LogP contribution in [0.1, 0.15) is 39.9 Å². The largest absolute Gasteiger partial charge is 0.312 e. The summed E-state index contributed by atoms with van der Waals surface area (Å²) in [4.78, 5) is 1.51. The van der Waals surface area contributed by atoms with Gasteiger partial charge in [-0.1, -0.05) is 6.92 Å². The molecule has 0 spiro atoms. The number of nitrogens with one attached hydrogen (secondary N) is 1. The van der Waals surface area contributed by atoms with E-state index >= 15 is 0 Å². The average Bonchev–Trinajstić information content (AvgIpc) is 2.48. The van der Waals surface area contributed by atoms with Gasteiger partial charge in [0.15, 0.2) is 5.82 Å². The molecule has 1 rings (SSSR count). The summed E-state index contributed by atoms with van der Waals surface area (Å²) in [7, 11) is 1.79. The van der Waals surface area contributed by atoms with E-state index < -0.39 is 0 Å².